The van der Waals surface area contributed by atoms with E-state index in [9.17, 15) is 39.9 Å². The number of carbonyl (C=O) groups excluding carboxylic acids is 1. The van der Waals surface area contributed by atoms with Gasteiger partial charge >= 0.3 is 5.97 Å². The van der Waals surface area contributed by atoms with Crippen LogP contribution in [0.4, 0.5) is 17.1 Å². The third kappa shape index (κ3) is 19.8. The molecule has 0 atom stereocenters. The van der Waals surface area contributed by atoms with Crippen molar-refractivity contribution in [2.24, 2.45) is 56.4 Å². The van der Waals surface area contributed by atoms with Crippen molar-refractivity contribution in [2.45, 2.75) is 20.8 Å². The molecule has 0 fully saturated rings. The zero-order valence-electron chi connectivity index (χ0n) is 65.3. The van der Waals surface area contributed by atoms with E-state index in [1.165, 1.54) is 34.2 Å². The fraction of sp³-hybridized carbons (Fsp3) is 0.157. The summed E-state index contributed by atoms with van der Waals surface area (Å²) in [4.78, 5) is 52.8. The molecule has 8 heterocycles. The molecule has 568 valence electrons. The standard InChI is InChI=1S/C13H16NO2.C12H14NO.C11H11N2O2.C11H9N2.C11H9NO2.C11H10NO.2C10H9N2O2/c1-9-5-6-14(2)13-11(9)7-10(15-3)8-12(13)16-4;1-9-6-7-13(2)12-5-4-10(14-3)8-11(9)12;1-8-5-6-10-9(11(8)13(14)15)4-3-7-12(10)2;1-13-8-9(7-12)6-10-4-2-3-5-11(10)13;1-12-7-6-9(11(13)14)8-4-2-3-5-10(8)12;1-12-7-6-9(8-13)10-4-2-3-5-11(10)12;1-11-7-3-4-8-9(11)5-2-6-10(8)12(13)14;1-11-6-2-3-8-7-9(12(13)14)4-5-10(8)11/h5-8H,1-4H3;4-8H,1-3H3;3-7H,1-2H3;2-6,8H,1H3;2-7H,1H3;2-8H,1H3;2*2-7H,1H3/q4*+1;;3*+1/p+1. The van der Waals surface area contributed by atoms with Gasteiger partial charge < -0.3 is 19.3 Å². The first-order chi connectivity index (χ1) is 54.2. The molecule has 8 aromatic heterocycles. The number of benzene rings is 8. The summed E-state index contributed by atoms with van der Waals surface area (Å²) >= 11 is 0. The molecule has 113 heavy (non-hydrogen) atoms. The molecule has 24 heteroatoms. The van der Waals surface area contributed by atoms with Crippen LogP contribution in [0.3, 0.4) is 0 Å². The second kappa shape index (κ2) is 37.9. The summed E-state index contributed by atoms with van der Waals surface area (Å²) in [5, 5.41) is 57.4. The number of pyridine rings is 8. The Balaban J connectivity index is 0.000000148. The predicted octanol–water partition coefficient (Wildman–Crippen LogP) is 13.4. The summed E-state index contributed by atoms with van der Waals surface area (Å²) in [6, 6.07) is 69.6. The Labute approximate surface area is 652 Å². The number of carboxylic acid groups (broad SMARTS) is 1. The molecule has 0 unspecified atom stereocenters. The molecule has 16 rings (SSSR count). The molecule has 0 amide bonds. The molecule has 0 bridgehead atoms. The number of nitro benzene ring substituents is 3. The van der Waals surface area contributed by atoms with Gasteiger partial charge in [0.1, 0.15) is 90.3 Å². The number of aldehydes is 1. The van der Waals surface area contributed by atoms with Gasteiger partial charge in [0, 0.05) is 126 Å². The fourth-order valence-corrected chi connectivity index (χ4v) is 12.8. The second-order valence-corrected chi connectivity index (χ2v) is 26.3. The van der Waals surface area contributed by atoms with Gasteiger partial charge in [0.2, 0.25) is 38.6 Å². The Bertz CT molecular complexity index is 6280. The number of rotatable bonds is 8. The van der Waals surface area contributed by atoms with E-state index in [1.807, 2.05) is 254 Å². The van der Waals surface area contributed by atoms with E-state index in [4.69, 9.17) is 24.6 Å². The van der Waals surface area contributed by atoms with Gasteiger partial charge in [-0.25, -0.2) is 32.2 Å². The smallest absolute Gasteiger partial charge is 0.336 e. The summed E-state index contributed by atoms with van der Waals surface area (Å²) in [5.74, 6) is 1.67. The lowest BCUT2D eigenvalue weighted by Crippen LogP contribution is -2.28. The zero-order chi connectivity index (χ0) is 81.7. The van der Waals surface area contributed by atoms with Crippen molar-refractivity contribution in [1.29, 1.82) is 5.26 Å². The SMILES string of the molecule is COc1cc(OC)c2c(c1)c(C)cc[n+]2C.COc1ccc2c(c1)c(C)cc[n+]2C.C[n+]1cc(C#N)cc2ccccc21.C[n+]1ccc(C(=O)O)c2ccccc21.C[n+]1ccc(C=O)c2ccccc21.C[n+]1cccc2c([N+](=O)[O-])cccc21.C[n+]1cccc2cc([N+](=O)[O-])ccc21.Cc1ccc2c(ccc[n+]2C)c1[N+](=O)[O-]. The van der Waals surface area contributed by atoms with Crippen molar-refractivity contribution in [3.05, 3.63) is 332 Å². The van der Waals surface area contributed by atoms with E-state index in [0.717, 1.165) is 94.6 Å². The number of nitriles is 1. The number of nitro groups is 3. The first kappa shape index (κ1) is 82.3. The van der Waals surface area contributed by atoms with Gasteiger partial charge in [0.25, 0.3) is 22.6 Å². The second-order valence-electron chi connectivity index (χ2n) is 26.3. The highest BCUT2D eigenvalue weighted by Crippen LogP contribution is 2.31. The highest BCUT2D eigenvalue weighted by atomic mass is 16.6. The largest absolute Gasteiger partial charge is 0.497 e. The number of aromatic carboxylic acids is 1. The Morgan fingerprint density at radius 3 is 1.49 bits per heavy atom. The lowest BCUT2D eigenvalue weighted by atomic mass is 10.1. The van der Waals surface area contributed by atoms with Crippen LogP contribution >= 0.6 is 0 Å². The first-order valence-electron chi connectivity index (χ1n) is 35.4. The highest BCUT2D eigenvalue weighted by molar-refractivity contribution is 6.01. The maximum Gasteiger partial charge on any atom is 0.336 e. The molecule has 0 saturated heterocycles. The number of fused-ring (bicyclic) bond motifs is 8. The Morgan fingerprint density at radius 2 is 0.876 bits per heavy atom. The van der Waals surface area contributed by atoms with Gasteiger partial charge in [-0.3, -0.25) is 35.1 Å². The summed E-state index contributed by atoms with van der Waals surface area (Å²) < 4.78 is 31.6. The molecule has 0 aliphatic rings. The van der Waals surface area contributed by atoms with Crippen molar-refractivity contribution >= 4 is 117 Å². The van der Waals surface area contributed by atoms with Crippen LogP contribution in [0.2, 0.25) is 0 Å². The van der Waals surface area contributed by atoms with Gasteiger partial charge in [-0.05, 0) is 105 Å². The minimum Gasteiger partial charge on any atom is -0.497 e. The minimum atomic E-state index is -0.887. The topological polar surface area (TPSA) is 266 Å². The number of carbonyl (C=O) groups is 2. The first-order valence-corrected chi connectivity index (χ1v) is 35.4. The molecule has 0 radical (unpaired) electrons. The number of nitrogens with zero attached hydrogens (tertiary/aromatic N) is 12. The quantitative estimate of drug-likeness (QED) is 0.0642. The number of hydrogen-bond donors (Lipinski definition) is 1. The Morgan fingerprint density at radius 1 is 0.407 bits per heavy atom. The van der Waals surface area contributed by atoms with Crippen LogP contribution < -0.4 is 50.7 Å². The molecule has 8 aromatic carbocycles. The number of methoxy groups -OCH3 is 3. The van der Waals surface area contributed by atoms with Crippen LogP contribution in [0.25, 0.3) is 87.2 Å². The number of aromatic nitrogens is 8. The average Bonchev–Trinajstić information content (AvgIpc) is 0.800. The third-order valence-corrected chi connectivity index (χ3v) is 18.9. The number of ether oxygens (including phenoxy) is 3. The summed E-state index contributed by atoms with van der Waals surface area (Å²) in [5.41, 5.74) is 13.6. The minimum absolute atomic E-state index is 0.128. The van der Waals surface area contributed by atoms with Gasteiger partial charge in [-0.15, -0.1) is 0 Å². The molecule has 16 aromatic rings. The monoisotopic (exact) mass is 1520 g/mol. The number of hydrogen-bond acceptors (Lipinski definition) is 12. The van der Waals surface area contributed by atoms with Gasteiger partial charge in [0.05, 0.1) is 68.6 Å². The van der Waals surface area contributed by atoms with Crippen molar-refractivity contribution in [2.75, 3.05) is 21.3 Å². The van der Waals surface area contributed by atoms with Crippen LogP contribution in [0.5, 0.6) is 17.2 Å². The Hall–Kier alpha value is -14.7. The van der Waals surface area contributed by atoms with E-state index in [0.29, 0.717) is 27.5 Å². The van der Waals surface area contributed by atoms with E-state index in [1.54, 1.807) is 83.0 Å². The average molecular weight is 1520 g/mol. The van der Waals surface area contributed by atoms with Gasteiger partial charge in [-0.2, -0.15) is 14.4 Å². The van der Waals surface area contributed by atoms with E-state index >= 15 is 0 Å². The van der Waals surface area contributed by atoms with E-state index in [-0.39, 0.29) is 31.8 Å². The number of carboxylic acids is 1. The highest BCUT2D eigenvalue weighted by Gasteiger charge is 2.22. The molecular formula is C89H88N12O12+8. The number of para-hydroxylation sites is 3. The zero-order valence-corrected chi connectivity index (χ0v) is 65.3. The normalized spacial score (nSPS) is 10.3. The van der Waals surface area contributed by atoms with Crippen LogP contribution in [0.1, 0.15) is 43.0 Å². The molecule has 0 aliphatic carbocycles. The Kier molecular flexibility index (Phi) is 27.6. The van der Waals surface area contributed by atoms with Gasteiger partial charge in [0.15, 0.2) is 61.6 Å². The van der Waals surface area contributed by atoms with E-state index in [2.05, 4.69) is 59.5 Å². The van der Waals surface area contributed by atoms with E-state index < -0.39 is 5.97 Å². The van der Waals surface area contributed by atoms with Crippen LogP contribution in [-0.2, 0) is 56.4 Å². The summed E-state index contributed by atoms with van der Waals surface area (Å²) in [6.07, 6.45) is 16.1. The van der Waals surface area contributed by atoms with Crippen LogP contribution in [0.15, 0.2) is 268 Å². The summed E-state index contributed by atoms with van der Waals surface area (Å²) in [7, 11) is 20.6. The summed E-state index contributed by atoms with van der Waals surface area (Å²) in [6.45, 7) is 5.95. The van der Waals surface area contributed by atoms with Gasteiger partial charge in [-0.1, -0.05) is 36.4 Å². The van der Waals surface area contributed by atoms with Crippen LogP contribution in [0, 0.1) is 62.4 Å². The number of aryl methyl sites for hydroxylation is 11. The maximum atomic E-state index is 10.9. The molecule has 24 nitrogen and oxygen atoms in total. The lowest BCUT2D eigenvalue weighted by Gasteiger charge is -2.08. The molecule has 0 aliphatic heterocycles. The van der Waals surface area contributed by atoms with Crippen LogP contribution in [-0.4, -0.2) is 53.5 Å². The van der Waals surface area contributed by atoms with Crippen molar-refractivity contribution in [3.8, 4) is 23.3 Å². The van der Waals surface area contributed by atoms with Crippen molar-refractivity contribution in [3.63, 3.8) is 0 Å². The van der Waals surface area contributed by atoms with Crippen molar-refractivity contribution < 1.29 is 80.2 Å². The molecule has 0 saturated carbocycles. The molecule has 1 N–H and O–H groups in total. The third-order valence-electron chi connectivity index (χ3n) is 18.9. The molecular weight excluding hydrogens is 1430 g/mol. The fourth-order valence-electron chi connectivity index (χ4n) is 12.8. The maximum absolute atomic E-state index is 10.9. The van der Waals surface area contributed by atoms with Crippen molar-refractivity contribution in [1.82, 2.24) is 0 Å². The number of non-ortho nitro benzene ring substituents is 2. The predicted molar refractivity (Wildman–Crippen MR) is 432 cm³/mol. The molecule has 0 spiro atoms. The lowest BCUT2D eigenvalue weighted by molar-refractivity contribution is -0.645.